The molecule has 0 spiro atoms. The van der Waals surface area contributed by atoms with Crippen molar-refractivity contribution in [2.24, 2.45) is 12.8 Å². The average Bonchev–Trinajstić information content (AvgIpc) is 2.60. The van der Waals surface area contributed by atoms with E-state index in [2.05, 4.69) is 11.9 Å². The molecule has 86 valence electrons. The first kappa shape index (κ1) is 12.2. The highest BCUT2D eigenvalue weighted by Crippen LogP contribution is 2.09. The van der Waals surface area contributed by atoms with Crippen LogP contribution >= 0.6 is 0 Å². The van der Waals surface area contributed by atoms with Gasteiger partial charge in [0.25, 0.3) is 0 Å². The fourth-order valence-corrected chi connectivity index (χ4v) is 1.73. The van der Waals surface area contributed by atoms with Gasteiger partial charge in [0, 0.05) is 39.0 Å². The van der Waals surface area contributed by atoms with Gasteiger partial charge in [0.15, 0.2) is 0 Å². The summed E-state index contributed by atoms with van der Waals surface area (Å²) < 4.78 is 7.38. The lowest BCUT2D eigenvalue weighted by Crippen LogP contribution is -2.38. The summed E-state index contributed by atoms with van der Waals surface area (Å²) in [4.78, 5) is 4.26. The maximum absolute atomic E-state index is 6.10. The molecule has 4 nitrogen and oxygen atoms in total. The zero-order valence-electron chi connectivity index (χ0n) is 9.81. The average molecular weight is 211 g/mol. The number of nitrogens with zero attached hydrogens (tertiary/aromatic N) is 2. The molecule has 0 bridgehead atoms. The molecule has 0 aliphatic carbocycles. The minimum absolute atomic E-state index is 0.0241. The Morgan fingerprint density at radius 1 is 1.60 bits per heavy atom. The molecule has 2 atom stereocenters. The molecule has 4 heteroatoms. The molecule has 2 unspecified atom stereocenters. The molecule has 2 N–H and O–H groups in total. The van der Waals surface area contributed by atoms with E-state index in [1.807, 2.05) is 17.8 Å². The Balaban J connectivity index is 2.53. The monoisotopic (exact) mass is 211 g/mol. The Kier molecular flexibility index (Phi) is 4.78. The second-order valence-corrected chi connectivity index (χ2v) is 3.89. The van der Waals surface area contributed by atoms with Crippen LogP contribution in [0.1, 0.15) is 25.6 Å². The molecule has 1 rings (SSSR count). The van der Waals surface area contributed by atoms with Crippen LogP contribution in [0.25, 0.3) is 0 Å². The van der Waals surface area contributed by atoms with Crippen LogP contribution in [0.3, 0.4) is 0 Å². The van der Waals surface area contributed by atoms with E-state index in [0.717, 1.165) is 25.1 Å². The van der Waals surface area contributed by atoms with Gasteiger partial charge in [-0.05, 0) is 6.42 Å². The Hall–Kier alpha value is -0.870. The summed E-state index contributed by atoms with van der Waals surface area (Å²) in [5, 5.41) is 0. The molecular weight excluding hydrogens is 190 g/mol. The third-order valence-electron chi connectivity index (χ3n) is 2.69. The Morgan fingerprint density at radius 3 is 2.80 bits per heavy atom. The number of aryl methyl sites for hydroxylation is 1. The highest BCUT2D eigenvalue weighted by molar-refractivity contribution is 4.95. The normalized spacial score (nSPS) is 15.2. The predicted molar refractivity (Wildman–Crippen MR) is 60.6 cm³/mol. The van der Waals surface area contributed by atoms with Crippen molar-refractivity contribution >= 4 is 0 Å². The van der Waals surface area contributed by atoms with Crippen molar-refractivity contribution in [1.29, 1.82) is 0 Å². The predicted octanol–water partition coefficient (Wildman–Crippen LogP) is 1.10. The second kappa shape index (κ2) is 5.88. The van der Waals surface area contributed by atoms with E-state index >= 15 is 0 Å². The largest absolute Gasteiger partial charge is 0.380 e. The maximum atomic E-state index is 6.10. The third kappa shape index (κ3) is 3.32. The molecule has 0 saturated heterocycles. The van der Waals surface area contributed by atoms with Gasteiger partial charge in [0.2, 0.25) is 0 Å². The lowest BCUT2D eigenvalue weighted by Gasteiger charge is -2.21. The maximum Gasteiger partial charge on any atom is 0.110 e. The van der Waals surface area contributed by atoms with E-state index in [0.29, 0.717) is 0 Å². The van der Waals surface area contributed by atoms with Crippen LogP contribution in [0.4, 0.5) is 0 Å². The number of ether oxygens (including phenoxy) is 1. The van der Waals surface area contributed by atoms with Gasteiger partial charge in [0.05, 0.1) is 6.10 Å². The van der Waals surface area contributed by atoms with Gasteiger partial charge >= 0.3 is 0 Å². The lowest BCUT2D eigenvalue weighted by atomic mass is 10.0. The molecule has 0 aromatic carbocycles. The fourth-order valence-electron chi connectivity index (χ4n) is 1.73. The van der Waals surface area contributed by atoms with Crippen molar-refractivity contribution in [3.05, 3.63) is 18.2 Å². The molecular formula is C11H21N3O. The highest BCUT2D eigenvalue weighted by Gasteiger charge is 2.18. The van der Waals surface area contributed by atoms with Crippen LogP contribution in [0, 0.1) is 0 Å². The molecule has 1 heterocycles. The Bertz CT molecular complexity index is 285. The standard InChI is InChI=1S/C11H21N3O/c1-4-5-10(15-3)9(12)8-11-13-6-7-14(11)2/h6-7,9-10H,4-5,8,12H2,1-3H3. The molecule has 0 radical (unpaired) electrons. The number of imidazole rings is 1. The van der Waals surface area contributed by atoms with Crippen molar-refractivity contribution < 1.29 is 4.74 Å². The van der Waals surface area contributed by atoms with E-state index in [4.69, 9.17) is 10.5 Å². The van der Waals surface area contributed by atoms with Gasteiger partial charge < -0.3 is 15.0 Å². The Morgan fingerprint density at radius 2 is 2.33 bits per heavy atom. The van der Waals surface area contributed by atoms with Crippen LogP contribution in [0.5, 0.6) is 0 Å². The first-order valence-electron chi connectivity index (χ1n) is 5.43. The van der Waals surface area contributed by atoms with Gasteiger partial charge in [-0.25, -0.2) is 4.98 Å². The summed E-state index contributed by atoms with van der Waals surface area (Å²) in [5.41, 5.74) is 6.10. The van der Waals surface area contributed by atoms with Gasteiger partial charge in [-0.15, -0.1) is 0 Å². The minimum atomic E-state index is 0.0241. The van der Waals surface area contributed by atoms with Gasteiger partial charge in [-0.2, -0.15) is 0 Å². The molecule has 0 fully saturated rings. The van der Waals surface area contributed by atoms with Crippen LogP contribution < -0.4 is 5.73 Å². The van der Waals surface area contributed by atoms with Crippen molar-refractivity contribution in [3.63, 3.8) is 0 Å². The van der Waals surface area contributed by atoms with E-state index < -0.39 is 0 Å². The molecule has 1 aromatic rings. The second-order valence-electron chi connectivity index (χ2n) is 3.89. The van der Waals surface area contributed by atoms with Gasteiger partial charge in [0.1, 0.15) is 5.82 Å². The smallest absolute Gasteiger partial charge is 0.110 e. The van der Waals surface area contributed by atoms with Crippen LogP contribution in [-0.2, 0) is 18.2 Å². The highest BCUT2D eigenvalue weighted by atomic mass is 16.5. The molecule has 0 aliphatic rings. The third-order valence-corrected chi connectivity index (χ3v) is 2.69. The minimum Gasteiger partial charge on any atom is -0.380 e. The summed E-state index contributed by atoms with van der Waals surface area (Å²) in [6.07, 6.45) is 6.72. The summed E-state index contributed by atoms with van der Waals surface area (Å²) in [7, 11) is 3.70. The zero-order valence-corrected chi connectivity index (χ0v) is 9.81. The summed E-state index contributed by atoms with van der Waals surface area (Å²) in [6, 6.07) is 0.0241. The van der Waals surface area contributed by atoms with Crippen molar-refractivity contribution in [1.82, 2.24) is 9.55 Å². The van der Waals surface area contributed by atoms with Gasteiger partial charge in [-0.1, -0.05) is 13.3 Å². The Labute approximate surface area is 91.4 Å². The van der Waals surface area contributed by atoms with E-state index in [1.165, 1.54) is 0 Å². The molecule has 0 saturated carbocycles. The number of aromatic nitrogens is 2. The van der Waals surface area contributed by atoms with Crippen molar-refractivity contribution in [2.45, 2.75) is 38.3 Å². The SMILES string of the molecule is CCCC(OC)C(N)Cc1nccn1C. The van der Waals surface area contributed by atoms with Crippen molar-refractivity contribution in [2.75, 3.05) is 7.11 Å². The van der Waals surface area contributed by atoms with Crippen molar-refractivity contribution in [3.8, 4) is 0 Å². The molecule has 15 heavy (non-hydrogen) atoms. The first-order chi connectivity index (χ1) is 7.19. The van der Waals surface area contributed by atoms with E-state index in [1.54, 1.807) is 13.3 Å². The van der Waals surface area contributed by atoms with Crippen LogP contribution in [0.2, 0.25) is 0 Å². The number of methoxy groups -OCH3 is 1. The first-order valence-corrected chi connectivity index (χ1v) is 5.43. The number of hydrogen-bond donors (Lipinski definition) is 1. The summed E-state index contributed by atoms with van der Waals surface area (Å²) in [6.45, 7) is 2.14. The fraction of sp³-hybridized carbons (Fsp3) is 0.727. The number of rotatable bonds is 6. The number of hydrogen-bond acceptors (Lipinski definition) is 3. The molecule has 0 amide bonds. The molecule has 1 aromatic heterocycles. The summed E-state index contributed by atoms with van der Waals surface area (Å²) >= 11 is 0. The quantitative estimate of drug-likeness (QED) is 0.766. The van der Waals surface area contributed by atoms with E-state index in [-0.39, 0.29) is 12.1 Å². The summed E-state index contributed by atoms with van der Waals surface area (Å²) in [5.74, 6) is 1.01. The zero-order chi connectivity index (χ0) is 11.3. The van der Waals surface area contributed by atoms with Crippen LogP contribution in [-0.4, -0.2) is 28.8 Å². The van der Waals surface area contributed by atoms with Gasteiger partial charge in [-0.3, -0.25) is 0 Å². The van der Waals surface area contributed by atoms with E-state index in [9.17, 15) is 0 Å². The van der Waals surface area contributed by atoms with Crippen LogP contribution in [0.15, 0.2) is 12.4 Å². The topological polar surface area (TPSA) is 53.1 Å². The number of nitrogens with two attached hydrogens (primary N) is 1. The lowest BCUT2D eigenvalue weighted by molar-refractivity contribution is 0.0719. The molecule has 0 aliphatic heterocycles.